The number of anilines is 2. The highest BCUT2D eigenvalue weighted by atomic mass is 79.9. The van der Waals surface area contributed by atoms with Crippen LogP contribution in [-0.2, 0) is 4.74 Å². The number of halogens is 1. The first-order valence-corrected chi connectivity index (χ1v) is 7.33. The maximum atomic E-state index is 5.92. The predicted octanol–water partition coefficient (Wildman–Crippen LogP) is 3.35. The van der Waals surface area contributed by atoms with Gasteiger partial charge in [0.15, 0.2) is 0 Å². The van der Waals surface area contributed by atoms with Crippen LogP contribution in [0.25, 0.3) is 0 Å². The highest BCUT2D eigenvalue weighted by Crippen LogP contribution is 2.32. The van der Waals surface area contributed by atoms with E-state index < -0.39 is 0 Å². The Hall–Kier alpha value is -0.740. The van der Waals surface area contributed by atoms with Crippen molar-refractivity contribution in [3.63, 3.8) is 0 Å². The summed E-state index contributed by atoms with van der Waals surface area (Å²) in [5, 5.41) is 0. The Balaban J connectivity index is 2.18. The number of ether oxygens (including phenoxy) is 1. The normalized spacial score (nSPS) is 20.2. The van der Waals surface area contributed by atoms with Gasteiger partial charge in [0.25, 0.3) is 0 Å². The minimum absolute atomic E-state index is 0.355. The Morgan fingerprint density at radius 3 is 3.00 bits per heavy atom. The van der Waals surface area contributed by atoms with E-state index in [0.29, 0.717) is 6.10 Å². The molecule has 1 fully saturated rings. The molecule has 0 radical (unpaired) electrons. The van der Waals surface area contributed by atoms with Crippen LogP contribution in [0.4, 0.5) is 11.4 Å². The van der Waals surface area contributed by atoms with Crippen molar-refractivity contribution in [2.45, 2.75) is 32.8 Å². The molecule has 100 valence electrons. The monoisotopic (exact) mass is 312 g/mol. The van der Waals surface area contributed by atoms with Crippen LogP contribution in [0.2, 0.25) is 0 Å². The van der Waals surface area contributed by atoms with E-state index in [1.54, 1.807) is 0 Å². The summed E-state index contributed by atoms with van der Waals surface area (Å²) in [6.07, 6.45) is 2.70. The van der Waals surface area contributed by atoms with Crippen molar-refractivity contribution in [1.29, 1.82) is 0 Å². The van der Waals surface area contributed by atoms with Gasteiger partial charge in [-0.1, -0.05) is 0 Å². The minimum Gasteiger partial charge on any atom is -0.398 e. The van der Waals surface area contributed by atoms with Crippen molar-refractivity contribution in [1.82, 2.24) is 0 Å². The molecule has 4 heteroatoms. The molecule has 0 aromatic heterocycles. The molecule has 3 nitrogen and oxygen atoms in total. The van der Waals surface area contributed by atoms with Gasteiger partial charge in [0.1, 0.15) is 0 Å². The highest BCUT2D eigenvalue weighted by molar-refractivity contribution is 9.10. The van der Waals surface area contributed by atoms with Gasteiger partial charge in [-0.3, -0.25) is 0 Å². The van der Waals surface area contributed by atoms with Gasteiger partial charge < -0.3 is 15.4 Å². The number of nitrogen functional groups attached to an aromatic ring is 1. The molecule has 0 amide bonds. The third-order valence-corrected chi connectivity index (χ3v) is 4.09. The lowest BCUT2D eigenvalue weighted by molar-refractivity contribution is 0.0526. The second-order valence-electron chi connectivity index (χ2n) is 4.83. The maximum Gasteiger partial charge on any atom is 0.0750 e. The quantitative estimate of drug-likeness (QED) is 0.870. The molecule has 0 saturated carbocycles. The number of aryl methyl sites for hydroxylation is 1. The van der Waals surface area contributed by atoms with Crippen molar-refractivity contribution in [2.24, 2.45) is 0 Å². The molecular weight excluding hydrogens is 292 g/mol. The molecule has 1 aliphatic rings. The van der Waals surface area contributed by atoms with E-state index in [1.807, 2.05) is 6.07 Å². The topological polar surface area (TPSA) is 38.5 Å². The average molecular weight is 313 g/mol. The molecule has 2 N–H and O–H groups in total. The van der Waals surface area contributed by atoms with Crippen LogP contribution in [-0.4, -0.2) is 25.8 Å². The lowest BCUT2D eigenvalue weighted by Gasteiger charge is -2.35. The number of nitrogens with zero attached hydrogens (tertiary/aromatic N) is 1. The average Bonchev–Trinajstić information content (AvgIpc) is 2.34. The third-order valence-electron chi connectivity index (χ3n) is 3.46. The first kappa shape index (κ1) is 13.7. The number of rotatable bonds is 3. The summed E-state index contributed by atoms with van der Waals surface area (Å²) in [6, 6.07) is 4.16. The van der Waals surface area contributed by atoms with Gasteiger partial charge in [0, 0.05) is 29.9 Å². The Bertz CT molecular complexity index is 421. The standard InChI is InChI=1S/C14H21BrN2O/c1-3-18-11-5-4-6-17(9-11)14-7-10(2)13(16)8-12(14)15/h7-8,11H,3-6,9,16H2,1-2H3. The number of nitrogens with two attached hydrogens (primary N) is 1. The molecule has 1 aliphatic heterocycles. The van der Waals surface area contributed by atoms with E-state index >= 15 is 0 Å². The fraction of sp³-hybridized carbons (Fsp3) is 0.571. The van der Waals surface area contributed by atoms with E-state index in [-0.39, 0.29) is 0 Å². The smallest absolute Gasteiger partial charge is 0.0750 e. The largest absolute Gasteiger partial charge is 0.398 e. The number of hydrogen-bond acceptors (Lipinski definition) is 3. The van der Waals surface area contributed by atoms with Crippen molar-refractivity contribution >= 4 is 27.3 Å². The number of hydrogen-bond donors (Lipinski definition) is 1. The van der Waals surface area contributed by atoms with Crippen LogP contribution in [0, 0.1) is 6.92 Å². The summed E-state index contributed by atoms with van der Waals surface area (Å²) in [4.78, 5) is 2.39. The van der Waals surface area contributed by atoms with E-state index in [0.717, 1.165) is 41.8 Å². The van der Waals surface area contributed by atoms with Crippen molar-refractivity contribution < 1.29 is 4.74 Å². The van der Waals surface area contributed by atoms with E-state index in [2.05, 4.69) is 40.7 Å². The van der Waals surface area contributed by atoms with Gasteiger partial charge in [0.05, 0.1) is 11.8 Å². The van der Waals surface area contributed by atoms with E-state index in [1.165, 1.54) is 12.1 Å². The predicted molar refractivity (Wildman–Crippen MR) is 80.2 cm³/mol. The Morgan fingerprint density at radius 2 is 2.28 bits per heavy atom. The van der Waals surface area contributed by atoms with Crippen LogP contribution >= 0.6 is 15.9 Å². The second-order valence-corrected chi connectivity index (χ2v) is 5.68. The molecule has 1 saturated heterocycles. The van der Waals surface area contributed by atoms with Gasteiger partial charge in [-0.25, -0.2) is 0 Å². The van der Waals surface area contributed by atoms with Crippen molar-refractivity contribution in [2.75, 3.05) is 30.3 Å². The van der Waals surface area contributed by atoms with E-state index in [4.69, 9.17) is 10.5 Å². The lowest BCUT2D eigenvalue weighted by atomic mass is 10.1. The first-order chi connectivity index (χ1) is 8.61. The summed E-state index contributed by atoms with van der Waals surface area (Å²) in [5.41, 5.74) is 9.12. The molecule has 2 rings (SSSR count). The van der Waals surface area contributed by atoms with Crippen molar-refractivity contribution in [3.05, 3.63) is 22.2 Å². The van der Waals surface area contributed by atoms with Gasteiger partial charge in [-0.05, 0) is 60.3 Å². The number of benzene rings is 1. The Labute approximate surface area is 117 Å². The van der Waals surface area contributed by atoms with Gasteiger partial charge in [-0.15, -0.1) is 0 Å². The lowest BCUT2D eigenvalue weighted by Crippen LogP contribution is -2.40. The molecule has 1 heterocycles. The van der Waals surface area contributed by atoms with Gasteiger partial charge in [0.2, 0.25) is 0 Å². The zero-order chi connectivity index (χ0) is 13.1. The van der Waals surface area contributed by atoms with Gasteiger partial charge >= 0.3 is 0 Å². The molecule has 1 aromatic carbocycles. The molecule has 1 aromatic rings. The molecule has 1 unspecified atom stereocenters. The Kier molecular flexibility index (Phi) is 4.51. The minimum atomic E-state index is 0.355. The zero-order valence-corrected chi connectivity index (χ0v) is 12.7. The zero-order valence-electron chi connectivity index (χ0n) is 11.1. The molecule has 18 heavy (non-hydrogen) atoms. The maximum absolute atomic E-state index is 5.92. The second kappa shape index (κ2) is 5.93. The first-order valence-electron chi connectivity index (χ1n) is 6.54. The Morgan fingerprint density at radius 1 is 1.50 bits per heavy atom. The SMILES string of the molecule is CCOC1CCCN(c2cc(C)c(N)cc2Br)C1. The summed E-state index contributed by atoms with van der Waals surface area (Å²) in [6.45, 7) is 6.96. The third kappa shape index (κ3) is 2.98. The molecule has 0 bridgehead atoms. The van der Waals surface area contributed by atoms with Crippen LogP contribution in [0.3, 0.4) is 0 Å². The van der Waals surface area contributed by atoms with Gasteiger partial charge in [-0.2, -0.15) is 0 Å². The summed E-state index contributed by atoms with van der Waals surface area (Å²) in [7, 11) is 0. The summed E-state index contributed by atoms with van der Waals surface area (Å²) >= 11 is 3.61. The number of piperidine rings is 1. The van der Waals surface area contributed by atoms with Crippen LogP contribution < -0.4 is 10.6 Å². The van der Waals surface area contributed by atoms with Crippen LogP contribution in [0.1, 0.15) is 25.3 Å². The van der Waals surface area contributed by atoms with Crippen LogP contribution in [0.5, 0.6) is 0 Å². The summed E-state index contributed by atoms with van der Waals surface area (Å²) < 4.78 is 6.82. The van der Waals surface area contributed by atoms with Crippen LogP contribution in [0.15, 0.2) is 16.6 Å². The van der Waals surface area contributed by atoms with Crippen molar-refractivity contribution in [3.8, 4) is 0 Å². The summed E-state index contributed by atoms with van der Waals surface area (Å²) in [5.74, 6) is 0. The highest BCUT2D eigenvalue weighted by Gasteiger charge is 2.22. The fourth-order valence-electron chi connectivity index (χ4n) is 2.45. The molecule has 1 atom stereocenters. The molecular formula is C14H21BrN2O. The molecule has 0 spiro atoms. The fourth-order valence-corrected chi connectivity index (χ4v) is 3.06. The van der Waals surface area contributed by atoms with E-state index in [9.17, 15) is 0 Å². The molecule has 0 aliphatic carbocycles.